The summed E-state index contributed by atoms with van der Waals surface area (Å²) in [5, 5.41) is 63.3. The van der Waals surface area contributed by atoms with E-state index in [1.54, 1.807) is 5.57 Å². The molecule has 5 aliphatic carbocycles. The van der Waals surface area contributed by atoms with E-state index in [0.717, 1.165) is 51.4 Å². The summed E-state index contributed by atoms with van der Waals surface area (Å²) in [6, 6.07) is 0. The summed E-state index contributed by atoms with van der Waals surface area (Å²) in [6.07, 6.45) is 1.81. The van der Waals surface area contributed by atoms with Crippen LogP contribution in [-0.4, -0.2) is 86.1 Å². The molecule has 45 heavy (non-hydrogen) atoms. The zero-order valence-corrected chi connectivity index (χ0v) is 28.3. The van der Waals surface area contributed by atoms with Crippen molar-refractivity contribution in [1.82, 2.24) is 0 Å². The second-order valence-corrected chi connectivity index (χ2v) is 18.0. The van der Waals surface area contributed by atoms with E-state index in [1.165, 1.54) is 0 Å². The number of aliphatic hydroxyl groups is 5. The van der Waals surface area contributed by atoms with Crippen molar-refractivity contribution >= 4 is 5.97 Å². The number of ether oxygens (including phenoxy) is 2. The van der Waals surface area contributed by atoms with E-state index in [2.05, 4.69) is 47.6 Å². The van der Waals surface area contributed by atoms with Crippen molar-refractivity contribution in [3.8, 4) is 0 Å². The van der Waals surface area contributed by atoms with Gasteiger partial charge in [0, 0.05) is 10.8 Å². The lowest BCUT2D eigenvalue weighted by molar-refractivity contribution is -0.327. The van der Waals surface area contributed by atoms with E-state index in [4.69, 9.17) is 9.47 Å². The Kier molecular flexibility index (Phi) is 8.05. The molecular formula is C36H58O9. The van der Waals surface area contributed by atoms with Crippen molar-refractivity contribution < 1.29 is 44.9 Å². The number of aliphatic carboxylic acids is 1. The van der Waals surface area contributed by atoms with E-state index in [0.29, 0.717) is 18.3 Å². The first-order chi connectivity index (χ1) is 20.8. The van der Waals surface area contributed by atoms with E-state index in [-0.39, 0.29) is 45.7 Å². The lowest BCUT2D eigenvalue weighted by Crippen LogP contribution is -2.67. The van der Waals surface area contributed by atoms with Gasteiger partial charge in [-0.1, -0.05) is 60.1 Å². The highest BCUT2D eigenvalue weighted by atomic mass is 16.7. The van der Waals surface area contributed by atoms with Crippen molar-refractivity contribution in [2.45, 2.75) is 149 Å². The highest BCUT2D eigenvalue weighted by Gasteiger charge is 2.69. The minimum absolute atomic E-state index is 0.0209. The topological polar surface area (TPSA) is 157 Å². The van der Waals surface area contributed by atoms with Gasteiger partial charge in [-0.25, -0.2) is 4.79 Å². The molecule has 9 heteroatoms. The number of hydrogen-bond acceptors (Lipinski definition) is 8. The normalized spacial score (nSPS) is 55.8. The largest absolute Gasteiger partial charge is 0.479 e. The molecule has 0 amide bonds. The molecule has 6 aliphatic rings. The minimum Gasteiger partial charge on any atom is -0.479 e. The van der Waals surface area contributed by atoms with Gasteiger partial charge in [0.25, 0.3) is 0 Å². The van der Waals surface area contributed by atoms with Gasteiger partial charge in [0.15, 0.2) is 12.4 Å². The number of carbonyl (C=O) groups is 1. The molecule has 0 spiro atoms. The number of carboxylic acids is 1. The van der Waals surface area contributed by atoms with Crippen molar-refractivity contribution in [1.29, 1.82) is 0 Å². The molecule has 1 unspecified atom stereocenters. The molecular weight excluding hydrogens is 576 g/mol. The summed E-state index contributed by atoms with van der Waals surface area (Å²) in [5.74, 6) is -0.570. The second-order valence-electron chi connectivity index (χ2n) is 18.0. The van der Waals surface area contributed by atoms with Crippen molar-refractivity contribution in [2.75, 3.05) is 6.61 Å². The predicted octanol–water partition coefficient (Wildman–Crippen LogP) is 4.03. The zero-order chi connectivity index (χ0) is 33.1. The fourth-order valence-corrected chi connectivity index (χ4v) is 12.2. The van der Waals surface area contributed by atoms with Crippen LogP contribution >= 0.6 is 0 Å². The van der Waals surface area contributed by atoms with Crippen LogP contribution in [0.25, 0.3) is 0 Å². The molecule has 0 aromatic rings. The highest BCUT2D eigenvalue weighted by Crippen LogP contribution is 2.75. The van der Waals surface area contributed by atoms with Crippen molar-refractivity contribution in [2.24, 2.45) is 50.2 Å². The average Bonchev–Trinajstić information content (AvgIpc) is 2.96. The van der Waals surface area contributed by atoms with Gasteiger partial charge in [0.1, 0.15) is 18.3 Å². The number of carboxylic acid groups (broad SMARTS) is 1. The van der Waals surface area contributed by atoms with Gasteiger partial charge in [0.05, 0.1) is 18.8 Å². The molecule has 1 saturated heterocycles. The first kappa shape index (κ1) is 33.8. The SMILES string of the molecule is CC1(C)CC(O)[C@]2(C)CC[C@]3(C)C(=CC[C@@H]4[C@@]5(C)CC[C@H](O[C@@H]6O[C@H](C(=O)O)[C@@H](O)[C@H](O)[C@H]6O)[C@](C)(CO)[C@@H]5CC[C@]43C)[C@@H]2C1. The van der Waals surface area contributed by atoms with E-state index < -0.39 is 48.2 Å². The first-order valence-electron chi connectivity index (χ1n) is 17.4. The maximum absolute atomic E-state index is 11.7. The number of hydrogen-bond donors (Lipinski definition) is 6. The molecule has 4 saturated carbocycles. The molecule has 1 aliphatic heterocycles. The molecule has 0 bridgehead atoms. The number of aliphatic hydroxyl groups excluding tert-OH is 5. The quantitative estimate of drug-likeness (QED) is 0.199. The Balaban J connectivity index is 1.30. The summed E-state index contributed by atoms with van der Waals surface area (Å²) in [5.41, 5.74) is 0.871. The van der Waals surface area contributed by atoms with Crippen LogP contribution in [0.2, 0.25) is 0 Å². The Labute approximate surface area is 268 Å². The van der Waals surface area contributed by atoms with Gasteiger partial charge in [-0.3, -0.25) is 0 Å². The maximum atomic E-state index is 11.7. The van der Waals surface area contributed by atoms with Gasteiger partial charge in [-0.2, -0.15) is 0 Å². The summed E-state index contributed by atoms with van der Waals surface area (Å²) < 4.78 is 11.8. The van der Waals surface area contributed by atoms with E-state index in [1.807, 2.05) is 6.92 Å². The smallest absolute Gasteiger partial charge is 0.335 e. The number of allylic oxidation sites excluding steroid dienone is 2. The van der Waals surface area contributed by atoms with Crippen LogP contribution in [0.5, 0.6) is 0 Å². The summed E-state index contributed by atoms with van der Waals surface area (Å²) in [6.45, 7) is 16.3. The van der Waals surface area contributed by atoms with Crippen LogP contribution in [0.4, 0.5) is 0 Å². The summed E-state index contributed by atoms with van der Waals surface area (Å²) in [4.78, 5) is 11.7. The standard InChI is InChI=1S/C36H58O9/c1-31(2)16-20-19-8-9-22-33(4)12-11-24(44-30-27(41)25(39)26(40)28(45-30)29(42)43)34(5,18-37)21(33)10-13-36(22,7)35(19,6)15-14-32(20,3)23(38)17-31/h8,20-28,30,37-41H,9-18H2,1-7H3,(H,42,43)/t20-,21+,22+,23?,24-,25-,26-,27+,28-,30+,32+,33-,34+,35+,36+/m0/s1. The average molecular weight is 635 g/mol. The first-order valence-corrected chi connectivity index (χ1v) is 17.4. The third kappa shape index (κ3) is 4.61. The van der Waals surface area contributed by atoms with Gasteiger partial charge >= 0.3 is 5.97 Å². The summed E-state index contributed by atoms with van der Waals surface area (Å²) in [7, 11) is 0. The van der Waals surface area contributed by atoms with Crippen LogP contribution in [0, 0.1) is 50.2 Å². The Morgan fingerprint density at radius 2 is 1.56 bits per heavy atom. The third-order valence-corrected chi connectivity index (χ3v) is 15.3. The fraction of sp³-hybridized carbons (Fsp3) is 0.917. The van der Waals surface area contributed by atoms with Gasteiger partial charge in [0.2, 0.25) is 0 Å². The van der Waals surface area contributed by atoms with Crippen LogP contribution in [0.3, 0.4) is 0 Å². The monoisotopic (exact) mass is 634 g/mol. The predicted molar refractivity (Wildman–Crippen MR) is 167 cm³/mol. The molecule has 0 aromatic heterocycles. The molecule has 9 nitrogen and oxygen atoms in total. The Bertz CT molecular complexity index is 1220. The lowest BCUT2D eigenvalue weighted by Gasteiger charge is -2.72. The Hall–Kier alpha value is -1.07. The maximum Gasteiger partial charge on any atom is 0.335 e. The second kappa shape index (κ2) is 10.7. The van der Waals surface area contributed by atoms with Gasteiger partial charge < -0.3 is 40.1 Å². The Morgan fingerprint density at radius 3 is 2.20 bits per heavy atom. The van der Waals surface area contributed by atoms with Crippen LogP contribution in [-0.2, 0) is 14.3 Å². The molecule has 5 fully saturated rings. The lowest BCUT2D eigenvalue weighted by atomic mass is 9.33. The molecule has 0 aromatic carbocycles. The van der Waals surface area contributed by atoms with Crippen LogP contribution in [0.15, 0.2) is 11.6 Å². The molecule has 6 rings (SSSR count). The Morgan fingerprint density at radius 1 is 0.867 bits per heavy atom. The fourth-order valence-electron chi connectivity index (χ4n) is 12.2. The van der Waals surface area contributed by atoms with E-state index in [9.17, 15) is 35.4 Å². The van der Waals surface area contributed by atoms with E-state index >= 15 is 0 Å². The van der Waals surface area contributed by atoms with Crippen molar-refractivity contribution in [3.63, 3.8) is 0 Å². The minimum atomic E-state index is -1.78. The van der Waals surface area contributed by atoms with Crippen molar-refractivity contribution in [3.05, 3.63) is 11.6 Å². The summed E-state index contributed by atoms with van der Waals surface area (Å²) >= 11 is 0. The molecule has 256 valence electrons. The van der Waals surface area contributed by atoms with Crippen LogP contribution < -0.4 is 0 Å². The number of fused-ring (bicyclic) bond motifs is 7. The molecule has 6 N–H and O–H groups in total. The van der Waals surface area contributed by atoms with Gasteiger partial charge in [-0.05, 0) is 97.2 Å². The van der Waals surface area contributed by atoms with Crippen LogP contribution in [0.1, 0.15) is 106 Å². The van der Waals surface area contributed by atoms with Gasteiger partial charge in [-0.15, -0.1) is 0 Å². The molecule has 0 radical (unpaired) electrons. The molecule has 1 heterocycles. The third-order valence-electron chi connectivity index (χ3n) is 15.3. The molecule has 15 atom stereocenters. The number of rotatable bonds is 4. The zero-order valence-electron chi connectivity index (χ0n) is 28.3. The highest BCUT2D eigenvalue weighted by molar-refractivity contribution is 5.73.